The number of hydrogen-bond donors (Lipinski definition) is 3. The molecule has 0 aromatic carbocycles. The summed E-state index contributed by atoms with van der Waals surface area (Å²) >= 11 is 1.60. The maximum atomic E-state index is 6.42. The standard InChI is InChI=1S/C18H26N8S/c1-12-8-22-17(21-6-5-7-26-11-20-10-23-26)25-15(12)14(19)16-24-13(9-27-16)18(2,3)4/h8-11,24H,5-7,19H2,1-4H3,(H,21,22,25)/b16-14+. The van der Waals surface area contributed by atoms with Crippen molar-refractivity contribution >= 4 is 23.4 Å². The summed E-state index contributed by atoms with van der Waals surface area (Å²) in [6.07, 6.45) is 5.93. The summed E-state index contributed by atoms with van der Waals surface area (Å²) in [5.41, 5.74) is 9.96. The minimum absolute atomic E-state index is 0.0482. The third-order valence-electron chi connectivity index (χ3n) is 4.14. The Balaban J connectivity index is 1.65. The molecule has 0 bridgehead atoms. The van der Waals surface area contributed by atoms with E-state index in [4.69, 9.17) is 5.73 Å². The first-order chi connectivity index (χ1) is 12.8. The van der Waals surface area contributed by atoms with E-state index in [0.29, 0.717) is 11.6 Å². The van der Waals surface area contributed by atoms with Gasteiger partial charge in [-0.25, -0.2) is 15.0 Å². The molecule has 2 aromatic rings. The fourth-order valence-corrected chi connectivity index (χ4v) is 3.53. The van der Waals surface area contributed by atoms with Gasteiger partial charge in [0.25, 0.3) is 0 Å². The maximum Gasteiger partial charge on any atom is 0.223 e. The van der Waals surface area contributed by atoms with Gasteiger partial charge in [0.1, 0.15) is 17.7 Å². The lowest BCUT2D eigenvalue weighted by Gasteiger charge is -2.21. The van der Waals surface area contributed by atoms with E-state index in [2.05, 4.69) is 56.9 Å². The monoisotopic (exact) mass is 386 g/mol. The van der Waals surface area contributed by atoms with Gasteiger partial charge in [0, 0.05) is 30.4 Å². The average molecular weight is 387 g/mol. The van der Waals surface area contributed by atoms with Gasteiger partial charge < -0.3 is 16.4 Å². The molecule has 0 radical (unpaired) electrons. The number of nitrogens with zero attached hydrogens (tertiary/aromatic N) is 5. The molecule has 3 heterocycles. The molecule has 3 rings (SSSR count). The zero-order valence-corrected chi connectivity index (χ0v) is 17.0. The Hall–Kier alpha value is -2.55. The number of aromatic nitrogens is 5. The van der Waals surface area contributed by atoms with Crippen molar-refractivity contribution in [2.75, 3.05) is 11.9 Å². The first-order valence-electron chi connectivity index (χ1n) is 8.89. The highest BCUT2D eigenvalue weighted by atomic mass is 32.2. The molecular formula is C18H26N8S. The van der Waals surface area contributed by atoms with Crippen molar-refractivity contribution in [2.24, 2.45) is 11.1 Å². The van der Waals surface area contributed by atoms with E-state index in [1.54, 1.807) is 29.0 Å². The molecule has 4 N–H and O–H groups in total. The number of hydrogen-bond acceptors (Lipinski definition) is 8. The Morgan fingerprint density at radius 1 is 1.37 bits per heavy atom. The first kappa shape index (κ1) is 19.2. The zero-order valence-electron chi connectivity index (χ0n) is 16.2. The van der Waals surface area contributed by atoms with Crippen LogP contribution in [0.2, 0.25) is 0 Å². The molecule has 0 atom stereocenters. The predicted octanol–water partition coefficient (Wildman–Crippen LogP) is 2.69. The quantitative estimate of drug-likeness (QED) is 0.651. The van der Waals surface area contributed by atoms with Crippen LogP contribution in [0.1, 0.15) is 38.4 Å². The van der Waals surface area contributed by atoms with Crippen LogP contribution in [0.15, 0.2) is 35.0 Å². The van der Waals surface area contributed by atoms with E-state index in [0.717, 1.165) is 41.5 Å². The molecule has 1 aliphatic heterocycles. The minimum atomic E-state index is 0.0482. The average Bonchev–Trinajstić information content (AvgIpc) is 3.30. The normalized spacial score (nSPS) is 16.1. The van der Waals surface area contributed by atoms with Gasteiger partial charge in [0.05, 0.1) is 11.4 Å². The Morgan fingerprint density at radius 2 is 2.19 bits per heavy atom. The number of anilines is 1. The zero-order chi connectivity index (χ0) is 19.4. The van der Waals surface area contributed by atoms with Gasteiger partial charge in [0.2, 0.25) is 5.95 Å². The third-order valence-corrected chi connectivity index (χ3v) is 5.05. The summed E-state index contributed by atoms with van der Waals surface area (Å²) in [6.45, 7) is 10.0. The van der Waals surface area contributed by atoms with E-state index in [-0.39, 0.29) is 5.41 Å². The number of thioether (sulfide) groups is 1. The summed E-state index contributed by atoms with van der Waals surface area (Å²) in [7, 11) is 0. The van der Waals surface area contributed by atoms with Crippen molar-refractivity contribution < 1.29 is 0 Å². The second-order valence-corrected chi connectivity index (χ2v) is 8.31. The molecule has 2 aromatic heterocycles. The van der Waals surface area contributed by atoms with E-state index in [1.807, 2.05) is 6.92 Å². The summed E-state index contributed by atoms with van der Waals surface area (Å²) in [4.78, 5) is 12.9. The van der Waals surface area contributed by atoms with Crippen LogP contribution in [-0.4, -0.2) is 31.3 Å². The second-order valence-electron chi connectivity index (χ2n) is 7.43. The van der Waals surface area contributed by atoms with Crippen LogP contribution in [0.5, 0.6) is 0 Å². The lowest BCUT2D eigenvalue weighted by Crippen LogP contribution is -2.21. The number of rotatable bonds is 6. The summed E-state index contributed by atoms with van der Waals surface area (Å²) < 4.78 is 1.80. The molecule has 0 saturated carbocycles. The van der Waals surface area contributed by atoms with Crippen molar-refractivity contribution in [1.82, 2.24) is 30.0 Å². The topological polar surface area (TPSA) is 107 Å². The highest BCUT2D eigenvalue weighted by molar-refractivity contribution is 8.06. The lowest BCUT2D eigenvalue weighted by molar-refractivity contribution is 0.481. The van der Waals surface area contributed by atoms with Crippen LogP contribution < -0.4 is 16.4 Å². The number of allylic oxidation sites excluding steroid dienone is 1. The largest absolute Gasteiger partial charge is 0.395 e. The Kier molecular flexibility index (Phi) is 5.69. The van der Waals surface area contributed by atoms with Crippen LogP contribution >= 0.6 is 11.8 Å². The molecule has 27 heavy (non-hydrogen) atoms. The fourth-order valence-electron chi connectivity index (χ4n) is 2.49. The maximum absolute atomic E-state index is 6.42. The fraction of sp³-hybridized carbons (Fsp3) is 0.444. The van der Waals surface area contributed by atoms with Gasteiger partial charge in [-0.1, -0.05) is 32.5 Å². The lowest BCUT2D eigenvalue weighted by atomic mass is 9.93. The van der Waals surface area contributed by atoms with Crippen LogP contribution in [0.25, 0.3) is 5.70 Å². The summed E-state index contributed by atoms with van der Waals surface area (Å²) in [5.74, 6) is 0.574. The van der Waals surface area contributed by atoms with Crippen molar-refractivity contribution in [3.8, 4) is 0 Å². The Labute approximate surface area is 163 Å². The summed E-state index contributed by atoms with van der Waals surface area (Å²) in [5, 5.41) is 13.8. The number of aryl methyl sites for hydroxylation is 2. The van der Waals surface area contributed by atoms with Crippen molar-refractivity contribution in [3.05, 3.63) is 46.2 Å². The Bertz CT molecular complexity index is 849. The van der Waals surface area contributed by atoms with Gasteiger partial charge in [-0.2, -0.15) is 5.10 Å². The van der Waals surface area contributed by atoms with E-state index in [9.17, 15) is 0 Å². The smallest absolute Gasteiger partial charge is 0.223 e. The number of nitrogens with one attached hydrogen (secondary N) is 2. The third kappa shape index (κ3) is 4.79. The molecule has 0 fully saturated rings. The van der Waals surface area contributed by atoms with E-state index in [1.165, 1.54) is 6.33 Å². The molecule has 9 heteroatoms. The molecule has 144 valence electrons. The summed E-state index contributed by atoms with van der Waals surface area (Å²) in [6, 6.07) is 0. The Morgan fingerprint density at radius 3 is 2.85 bits per heavy atom. The molecule has 0 saturated heterocycles. The highest BCUT2D eigenvalue weighted by Gasteiger charge is 2.24. The van der Waals surface area contributed by atoms with Gasteiger partial charge in [-0.05, 0) is 24.3 Å². The van der Waals surface area contributed by atoms with Crippen molar-refractivity contribution in [1.29, 1.82) is 0 Å². The SMILES string of the molecule is Cc1cnc(NCCCn2cncn2)nc1/C(N)=C1/NC(C(C)(C)C)=CS1. The molecule has 8 nitrogen and oxygen atoms in total. The molecule has 0 unspecified atom stereocenters. The van der Waals surface area contributed by atoms with E-state index >= 15 is 0 Å². The van der Waals surface area contributed by atoms with Gasteiger partial charge in [-0.15, -0.1) is 0 Å². The van der Waals surface area contributed by atoms with Gasteiger partial charge in [-0.3, -0.25) is 4.68 Å². The molecule has 1 aliphatic rings. The molecule has 0 aliphatic carbocycles. The molecular weight excluding hydrogens is 360 g/mol. The highest BCUT2D eigenvalue weighted by Crippen LogP contribution is 2.36. The minimum Gasteiger partial charge on any atom is -0.395 e. The number of nitrogens with two attached hydrogens (primary N) is 1. The molecule has 0 amide bonds. The van der Waals surface area contributed by atoms with Crippen LogP contribution in [0.3, 0.4) is 0 Å². The second kappa shape index (κ2) is 7.99. The predicted molar refractivity (Wildman–Crippen MR) is 109 cm³/mol. The van der Waals surface area contributed by atoms with Crippen LogP contribution in [0.4, 0.5) is 5.95 Å². The molecule has 0 spiro atoms. The first-order valence-corrected chi connectivity index (χ1v) is 9.77. The van der Waals surface area contributed by atoms with Gasteiger partial charge >= 0.3 is 0 Å². The van der Waals surface area contributed by atoms with Gasteiger partial charge in [0.15, 0.2) is 0 Å². The van der Waals surface area contributed by atoms with Crippen molar-refractivity contribution in [3.63, 3.8) is 0 Å². The van der Waals surface area contributed by atoms with Crippen LogP contribution in [0, 0.1) is 12.3 Å². The van der Waals surface area contributed by atoms with E-state index < -0.39 is 0 Å². The van der Waals surface area contributed by atoms with Crippen LogP contribution in [-0.2, 0) is 6.54 Å². The van der Waals surface area contributed by atoms with Crippen molar-refractivity contribution in [2.45, 2.75) is 40.7 Å².